The molecule has 1 aromatic rings. The molecule has 144 valence electrons. The van der Waals surface area contributed by atoms with Gasteiger partial charge in [0.25, 0.3) is 0 Å². The minimum Gasteiger partial charge on any atom is -0.357 e. The maximum absolute atomic E-state index is 12.2. The lowest BCUT2D eigenvalue weighted by molar-refractivity contribution is -0.122. The Bertz CT molecular complexity index is 615. The maximum Gasteiger partial charge on any atom is 0.240 e. The van der Waals surface area contributed by atoms with Crippen LogP contribution in [0, 0.1) is 5.41 Å². The minimum absolute atomic E-state index is 0.0102. The number of nitrogens with zero attached hydrogens (tertiary/aromatic N) is 2. The molecule has 2 N–H and O–H groups in total. The van der Waals surface area contributed by atoms with Crippen LogP contribution in [0.2, 0.25) is 0 Å². The summed E-state index contributed by atoms with van der Waals surface area (Å²) in [4.78, 5) is 18.9. The third-order valence-electron chi connectivity index (χ3n) is 4.53. The molecule has 1 amide bonds. The summed E-state index contributed by atoms with van der Waals surface area (Å²) in [5, 5.41) is 6.31. The van der Waals surface area contributed by atoms with Crippen molar-refractivity contribution in [3.8, 4) is 0 Å². The zero-order valence-electron chi connectivity index (χ0n) is 16.9. The highest BCUT2D eigenvalue weighted by Gasteiger charge is 2.42. The summed E-state index contributed by atoms with van der Waals surface area (Å²) in [6.07, 6.45) is 3.52. The van der Waals surface area contributed by atoms with E-state index in [0.29, 0.717) is 6.54 Å². The first-order chi connectivity index (χ1) is 12.2. The van der Waals surface area contributed by atoms with Crippen molar-refractivity contribution in [2.45, 2.75) is 52.5 Å². The number of carbonyl (C=O) groups is 1. The zero-order chi connectivity index (χ0) is 19.2. The van der Waals surface area contributed by atoms with E-state index in [-0.39, 0.29) is 16.9 Å². The molecular weight excluding hydrogens is 324 g/mol. The number of nitrogens with one attached hydrogen (secondary N) is 2. The van der Waals surface area contributed by atoms with E-state index in [9.17, 15) is 4.79 Å². The average Bonchev–Trinajstić information content (AvgIpc) is 3.30. The Labute approximate surface area is 158 Å². The fraction of sp³-hybridized carbons (Fsp3) is 0.619. The number of amides is 1. The van der Waals surface area contributed by atoms with Gasteiger partial charge in [0, 0.05) is 25.7 Å². The predicted molar refractivity (Wildman–Crippen MR) is 108 cm³/mol. The van der Waals surface area contributed by atoms with Crippen LogP contribution in [0.25, 0.3) is 0 Å². The van der Waals surface area contributed by atoms with E-state index in [2.05, 4.69) is 47.9 Å². The average molecular weight is 359 g/mol. The van der Waals surface area contributed by atoms with Gasteiger partial charge in [-0.15, -0.1) is 0 Å². The molecule has 5 heteroatoms. The molecule has 26 heavy (non-hydrogen) atoms. The van der Waals surface area contributed by atoms with Gasteiger partial charge in [-0.3, -0.25) is 9.79 Å². The lowest BCUT2D eigenvalue weighted by atomic mass is 9.97. The number of hydrogen-bond acceptors (Lipinski definition) is 2. The highest BCUT2D eigenvalue weighted by molar-refractivity contribution is 5.86. The van der Waals surface area contributed by atoms with E-state index in [4.69, 9.17) is 4.99 Å². The van der Waals surface area contributed by atoms with Crippen molar-refractivity contribution >= 4 is 11.9 Å². The molecule has 0 heterocycles. The van der Waals surface area contributed by atoms with E-state index >= 15 is 0 Å². The molecule has 1 aliphatic carbocycles. The summed E-state index contributed by atoms with van der Waals surface area (Å²) in [7, 11) is 1.92. The van der Waals surface area contributed by atoms with Crippen LogP contribution in [-0.4, -0.2) is 49.0 Å². The van der Waals surface area contributed by atoms with Crippen LogP contribution in [0.4, 0.5) is 0 Å². The Kier molecular flexibility index (Phi) is 6.68. The molecule has 0 radical (unpaired) electrons. The Morgan fingerprint density at radius 1 is 1.23 bits per heavy atom. The van der Waals surface area contributed by atoms with Crippen LogP contribution in [0.1, 0.15) is 46.1 Å². The quantitative estimate of drug-likeness (QED) is 0.582. The van der Waals surface area contributed by atoms with Gasteiger partial charge in [0.15, 0.2) is 5.96 Å². The molecule has 0 saturated heterocycles. The Balaban J connectivity index is 1.96. The summed E-state index contributed by atoms with van der Waals surface area (Å²) in [5.41, 5.74) is 1.45. The van der Waals surface area contributed by atoms with E-state index in [1.165, 1.54) is 18.4 Å². The molecule has 0 unspecified atom stereocenters. The highest BCUT2D eigenvalue weighted by atomic mass is 16.2. The molecule has 1 saturated carbocycles. The van der Waals surface area contributed by atoms with E-state index in [1.54, 1.807) is 0 Å². The van der Waals surface area contributed by atoms with Gasteiger partial charge < -0.3 is 15.5 Å². The predicted octanol–water partition coefficient (Wildman–Crippen LogP) is 2.82. The van der Waals surface area contributed by atoms with E-state index < -0.39 is 0 Å². The van der Waals surface area contributed by atoms with Gasteiger partial charge in [0.2, 0.25) is 5.91 Å². The number of hydrogen-bond donors (Lipinski definition) is 2. The van der Waals surface area contributed by atoms with Crippen molar-refractivity contribution in [3.63, 3.8) is 0 Å². The third-order valence-corrected chi connectivity index (χ3v) is 4.53. The largest absolute Gasteiger partial charge is 0.357 e. The van der Waals surface area contributed by atoms with Crippen molar-refractivity contribution in [2.75, 3.05) is 26.7 Å². The second-order valence-corrected chi connectivity index (χ2v) is 8.49. The molecule has 0 aromatic heterocycles. The number of benzene rings is 1. The SMILES string of the molecule is CCNC(=NCC1(Cc2ccccc2)CC1)N(C)CC(=O)NC(C)(C)C. The van der Waals surface area contributed by atoms with Crippen molar-refractivity contribution in [1.29, 1.82) is 0 Å². The van der Waals surface area contributed by atoms with Crippen LogP contribution >= 0.6 is 0 Å². The van der Waals surface area contributed by atoms with Gasteiger partial charge in [-0.1, -0.05) is 30.3 Å². The molecule has 0 aliphatic heterocycles. The fourth-order valence-corrected chi connectivity index (χ4v) is 3.06. The monoisotopic (exact) mass is 358 g/mol. The van der Waals surface area contributed by atoms with Crippen molar-refractivity contribution in [2.24, 2.45) is 10.4 Å². The Hall–Kier alpha value is -2.04. The Morgan fingerprint density at radius 3 is 2.42 bits per heavy atom. The molecule has 0 atom stereocenters. The lowest BCUT2D eigenvalue weighted by Crippen LogP contribution is -2.48. The van der Waals surface area contributed by atoms with Crippen LogP contribution in [0.15, 0.2) is 35.3 Å². The fourth-order valence-electron chi connectivity index (χ4n) is 3.06. The van der Waals surface area contributed by atoms with Gasteiger partial charge in [-0.2, -0.15) is 0 Å². The van der Waals surface area contributed by atoms with Gasteiger partial charge in [-0.25, -0.2) is 0 Å². The van der Waals surface area contributed by atoms with Gasteiger partial charge >= 0.3 is 0 Å². The van der Waals surface area contributed by atoms with Crippen molar-refractivity contribution in [1.82, 2.24) is 15.5 Å². The van der Waals surface area contributed by atoms with Gasteiger partial charge in [-0.05, 0) is 57.9 Å². The first-order valence-corrected chi connectivity index (χ1v) is 9.57. The topological polar surface area (TPSA) is 56.7 Å². The number of guanidine groups is 1. The normalized spacial score (nSPS) is 16.1. The van der Waals surface area contributed by atoms with Crippen LogP contribution in [0.5, 0.6) is 0 Å². The van der Waals surface area contributed by atoms with Gasteiger partial charge in [0.1, 0.15) is 0 Å². The molecule has 0 bridgehead atoms. The van der Waals surface area contributed by atoms with Gasteiger partial charge in [0.05, 0.1) is 6.54 Å². The minimum atomic E-state index is -0.221. The molecule has 5 nitrogen and oxygen atoms in total. The number of rotatable bonds is 7. The summed E-state index contributed by atoms with van der Waals surface area (Å²) < 4.78 is 0. The molecule has 0 spiro atoms. The van der Waals surface area contributed by atoms with E-state index in [1.807, 2.05) is 32.7 Å². The first-order valence-electron chi connectivity index (χ1n) is 9.57. The van der Waals surface area contributed by atoms with Crippen molar-refractivity contribution in [3.05, 3.63) is 35.9 Å². The van der Waals surface area contributed by atoms with E-state index in [0.717, 1.165) is 25.5 Å². The molecular formula is C21H34N4O. The Morgan fingerprint density at radius 2 is 1.88 bits per heavy atom. The zero-order valence-corrected chi connectivity index (χ0v) is 16.9. The summed E-state index contributed by atoms with van der Waals surface area (Å²) in [6.45, 7) is 9.91. The third kappa shape index (κ3) is 6.70. The molecule has 1 aliphatic rings. The highest BCUT2D eigenvalue weighted by Crippen LogP contribution is 2.48. The van der Waals surface area contributed by atoms with Crippen LogP contribution in [-0.2, 0) is 11.2 Å². The standard InChI is InChI=1S/C21H34N4O/c1-6-22-19(25(5)15-18(26)24-20(2,3)4)23-16-21(12-13-21)14-17-10-8-7-9-11-17/h7-11H,6,12-16H2,1-5H3,(H,22,23)(H,24,26). The lowest BCUT2D eigenvalue weighted by Gasteiger charge is -2.26. The smallest absolute Gasteiger partial charge is 0.240 e. The second kappa shape index (κ2) is 8.56. The van der Waals surface area contributed by atoms with Crippen molar-refractivity contribution < 1.29 is 4.79 Å². The summed E-state index contributed by atoms with van der Waals surface area (Å²) in [5.74, 6) is 0.812. The number of likely N-dealkylation sites (N-methyl/N-ethyl adjacent to an activating group) is 1. The van der Waals surface area contributed by atoms with Crippen LogP contribution < -0.4 is 10.6 Å². The first kappa shape index (κ1) is 20.3. The molecule has 1 fully saturated rings. The molecule has 2 rings (SSSR count). The second-order valence-electron chi connectivity index (χ2n) is 8.49. The number of carbonyl (C=O) groups excluding carboxylic acids is 1. The maximum atomic E-state index is 12.2. The summed E-state index contributed by atoms with van der Waals surface area (Å²) >= 11 is 0. The van der Waals surface area contributed by atoms with Crippen LogP contribution in [0.3, 0.4) is 0 Å². The summed E-state index contributed by atoms with van der Waals surface area (Å²) in [6, 6.07) is 10.6. The number of aliphatic imine (C=N–C) groups is 1. The molecule has 1 aromatic carbocycles.